The number of aliphatic carboxylic acids is 1. The fraction of sp³-hybridized carbons (Fsp3) is 0.792. The van der Waals surface area contributed by atoms with Gasteiger partial charge in [-0.05, 0) is 70.6 Å². The second-order valence-electron chi connectivity index (χ2n) is 18.0. The highest BCUT2D eigenvalue weighted by molar-refractivity contribution is 5.72. The van der Waals surface area contributed by atoms with Crippen LogP contribution in [0.5, 0.6) is 0 Å². The SMILES string of the molecule is CC/C=C/C/C=C/C/C=C/CCCCCCCCCCCCC(=O)OC(COCCC(C(=O)O)[N+](C)(C)C)COC(=O)CCCCCCCCC/C=C/CCCCCCCC. The van der Waals surface area contributed by atoms with E-state index in [1.54, 1.807) is 0 Å². The van der Waals surface area contributed by atoms with Crippen LogP contribution in [0.4, 0.5) is 0 Å². The minimum absolute atomic E-state index is 0.0542. The smallest absolute Gasteiger partial charge is 0.362 e. The van der Waals surface area contributed by atoms with Crippen molar-refractivity contribution in [2.75, 3.05) is 41.0 Å². The van der Waals surface area contributed by atoms with Gasteiger partial charge in [0.1, 0.15) is 6.61 Å². The Morgan fingerprint density at radius 3 is 1.38 bits per heavy atom. The summed E-state index contributed by atoms with van der Waals surface area (Å²) in [5.74, 6) is -1.47. The van der Waals surface area contributed by atoms with E-state index in [0.29, 0.717) is 19.3 Å². The second kappa shape index (κ2) is 43.9. The minimum atomic E-state index is -0.875. The average molecular weight is 859 g/mol. The molecule has 2 unspecified atom stereocenters. The number of nitrogens with zero attached hydrogens (tertiary/aromatic N) is 1. The molecular formula is C53H96NO7+. The van der Waals surface area contributed by atoms with Gasteiger partial charge in [-0.15, -0.1) is 0 Å². The Kier molecular flexibility index (Phi) is 42.0. The van der Waals surface area contributed by atoms with Gasteiger partial charge in [0.25, 0.3) is 0 Å². The molecule has 0 fully saturated rings. The normalized spacial score (nSPS) is 13.3. The Hall–Kier alpha value is -2.71. The highest BCUT2D eigenvalue weighted by Gasteiger charge is 2.31. The van der Waals surface area contributed by atoms with Gasteiger partial charge in [-0.3, -0.25) is 9.59 Å². The van der Waals surface area contributed by atoms with Crippen LogP contribution in [0.1, 0.15) is 219 Å². The third kappa shape index (κ3) is 42.4. The van der Waals surface area contributed by atoms with Crippen molar-refractivity contribution in [3.63, 3.8) is 0 Å². The van der Waals surface area contributed by atoms with Crippen LogP contribution in [-0.2, 0) is 28.6 Å². The van der Waals surface area contributed by atoms with E-state index in [9.17, 15) is 19.5 Å². The Morgan fingerprint density at radius 2 is 0.918 bits per heavy atom. The van der Waals surface area contributed by atoms with Gasteiger partial charge in [-0.1, -0.05) is 178 Å². The summed E-state index contributed by atoms with van der Waals surface area (Å²) in [6.07, 6.45) is 53.0. The van der Waals surface area contributed by atoms with Crippen molar-refractivity contribution in [2.45, 2.75) is 231 Å². The molecule has 1 N–H and O–H groups in total. The zero-order valence-corrected chi connectivity index (χ0v) is 40.4. The van der Waals surface area contributed by atoms with E-state index >= 15 is 0 Å². The van der Waals surface area contributed by atoms with Gasteiger partial charge in [0.15, 0.2) is 12.1 Å². The average Bonchev–Trinajstić information content (AvgIpc) is 3.22. The van der Waals surface area contributed by atoms with Gasteiger partial charge < -0.3 is 23.8 Å². The van der Waals surface area contributed by atoms with Crippen LogP contribution in [0.3, 0.4) is 0 Å². The number of rotatable bonds is 45. The lowest BCUT2D eigenvalue weighted by Gasteiger charge is -2.31. The fourth-order valence-electron chi connectivity index (χ4n) is 7.34. The molecule has 0 aromatic rings. The summed E-state index contributed by atoms with van der Waals surface area (Å²) < 4.78 is 17.3. The van der Waals surface area contributed by atoms with E-state index < -0.39 is 18.1 Å². The van der Waals surface area contributed by atoms with Crippen molar-refractivity contribution in [3.05, 3.63) is 48.6 Å². The minimum Gasteiger partial charge on any atom is -0.477 e. The summed E-state index contributed by atoms with van der Waals surface area (Å²) in [4.78, 5) is 37.1. The van der Waals surface area contributed by atoms with Gasteiger partial charge in [0.05, 0.1) is 34.4 Å². The van der Waals surface area contributed by atoms with Crippen molar-refractivity contribution in [1.82, 2.24) is 0 Å². The topological polar surface area (TPSA) is 99.1 Å². The molecule has 0 heterocycles. The first-order chi connectivity index (χ1) is 29.6. The largest absolute Gasteiger partial charge is 0.477 e. The number of allylic oxidation sites excluding steroid dienone is 8. The maximum atomic E-state index is 12.8. The Bertz CT molecular complexity index is 1140. The summed E-state index contributed by atoms with van der Waals surface area (Å²) >= 11 is 0. The molecular weight excluding hydrogens is 763 g/mol. The Labute approximate surface area is 376 Å². The molecule has 2 atom stereocenters. The fourth-order valence-corrected chi connectivity index (χ4v) is 7.34. The van der Waals surface area contributed by atoms with E-state index in [2.05, 4.69) is 62.5 Å². The standard InChI is InChI=1S/C53H95NO7/c1-6-8-10-12-14-16-18-20-22-24-25-26-28-30-32-34-36-38-40-42-44-52(56)61-49(47-59-46-45-50(53(57)58)54(3,4)5)48-60-51(55)43-41-39-37-35-33-31-29-27-23-21-19-17-15-13-11-9-7-2/h8,10,14,16,20-23,49-50H,6-7,9,11-13,15,17-19,24-48H2,1-5H3/p+1/b10-8+,16-14+,22-20+,23-21+. The Balaban J connectivity index is 4.26. The van der Waals surface area contributed by atoms with Crippen LogP contribution < -0.4 is 0 Å². The van der Waals surface area contributed by atoms with Gasteiger partial charge in [0.2, 0.25) is 0 Å². The van der Waals surface area contributed by atoms with Crippen LogP contribution >= 0.6 is 0 Å². The lowest BCUT2D eigenvalue weighted by atomic mass is 10.0. The number of carbonyl (C=O) groups excluding carboxylic acids is 2. The number of likely N-dealkylation sites (N-methyl/N-ethyl adjacent to an activating group) is 1. The first-order valence-corrected chi connectivity index (χ1v) is 25.2. The molecule has 8 heteroatoms. The molecule has 0 aromatic heterocycles. The predicted octanol–water partition coefficient (Wildman–Crippen LogP) is 14.4. The number of hydrogen-bond acceptors (Lipinski definition) is 6. The monoisotopic (exact) mass is 859 g/mol. The number of carbonyl (C=O) groups is 3. The van der Waals surface area contributed by atoms with Crippen molar-refractivity contribution >= 4 is 17.9 Å². The molecule has 354 valence electrons. The molecule has 0 saturated heterocycles. The van der Waals surface area contributed by atoms with Crippen molar-refractivity contribution in [3.8, 4) is 0 Å². The number of quaternary nitrogens is 1. The Morgan fingerprint density at radius 1 is 0.508 bits per heavy atom. The number of ether oxygens (including phenoxy) is 3. The van der Waals surface area contributed by atoms with Gasteiger partial charge in [0, 0.05) is 19.3 Å². The van der Waals surface area contributed by atoms with Gasteiger partial charge in [-0.25, -0.2) is 4.79 Å². The molecule has 0 spiro atoms. The molecule has 61 heavy (non-hydrogen) atoms. The van der Waals surface area contributed by atoms with Crippen molar-refractivity contribution < 1.29 is 38.2 Å². The van der Waals surface area contributed by atoms with Crippen LogP contribution in [-0.4, -0.2) is 80.6 Å². The third-order valence-electron chi connectivity index (χ3n) is 11.2. The third-order valence-corrected chi connectivity index (χ3v) is 11.2. The van der Waals surface area contributed by atoms with Crippen molar-refractivity contribution in [2.24, 2.45) is 0 Å². The summed E-state index contributed by atoms with van der Waals surface area (Å²) in [6, 6.07) is -0.617. The van der Waals surface area contributed by atoms with E-state index in [1.807, 2.05) is 21.1 Å². The summed E-state index contributed by atoms with van der Waals surface area (Å²) in [5, 5.41) is 9.65. The highest BCUT2D eigenvalue weighted by atomic mass is 16.6. The maximum Gasteiger partial charge on any atom is 0.362 e. The van der Waals surface area contributed by atoms with Crippen molar-refractivity contribution in [1.29, 1.82) is 0 Å². The van der Waals surface area contributed by atoms with Gasteiger partial charge >= 0.3 is 17.9 Å². The summed E-state index contributed by atoms with van der Waals surface area (Å²) in [6.45, 7) is 4.63. The lowest BCUT2D eigenvalue weighted by Crippen LogP contribution is -2.50. The number of carboxylic acid groups (broad SMARTS) is 1. The number of esters is 2. The number of unbranched alkanes of at least 4 members (excludes halogenated alkanes) is 23. The molecule has 0 radical (unpaired) electrons. The van der Waals surface area contributed by atoms with Gasteiger partial charge in [-0.2, -0.15) is 0 Å². The van der Waals surface area contributed by atoms with E-state index in [0.717, 1.165) is 57.8 Å². The molecule has 0 rings (SSSR count). The first-order valence-electron chi connectivity index (χ1n) is 25.2. The van der Waals surface area contributed by atoms with E-state index in [-0.39, 0.29) is 36.2 Å². The summed E-state index contributed by atoms with van der Waals surface area (Å²) in [7, 11) is 5.53. The van der Waals surface area contributed by atoms with Crippen LogP contribution in [0, 0.1) is 0 Å². The molecule has 0 saturated carbocycles. The van der Waals surface area contributed by atoms with E-state index in [1.165, 1.54) is 128 Å². The second-order valence-corrected chi connectivity index (χ2v) is 18.0. The molecule has 0 aliphatic carbocycles. The maximum absolute atomic E-state index is 12.8. The molecule has 8 nitrogen and oxygen atoms in total. The molecule has 0 aliphatic rings. The van der Waals surface area contributed by atoms with Crippen LogP contribution in [0.2, 0.25) is 0 Å². The molecule has 0 aliphatic heterocycles. The number of carboxylic acids is 1. The van der Waals surface area contributed by atoms with Crippen LogP contribution in [0.15, 0.2) is 48.6 Å². The number of hydrogen-bond donors (Lipinski definition) is 1. The summed E-state index contributed by atoms with van der Waals surface area (Å²) in [5.41, 5.74) is 0. The highest BCUT2D eigenvalue weighted by Crippen LogP contribution is 2.15. The first kappa shape index (κ1) is 58.3. The molecule has 0 bridgehead atoms. The zero-order chi connectivity index (χ0) is 44.9. The lowest BCUT2D eigenvalue weighted by molar-refractivity contribution is -0.887. The molecule has 0 amide bonds. The quantitative estimate of drug-likeness (QED) is 0.0282. The van der Waals surface area contributed by atoms with E-state index in [4.69, 9.17) is 14.2 Å². The van der Waals surface area contributed by atoms with Crippen LogP contribution in [0.25, 0.3) is 0 Å². The zero-order valence-electron chi connectivity index (χ0n) is 40.4. The molecule has 0 aromatic carbocycles. The predicted molar refractivity (Wildman–Crippen MR) is 257 cm³/mol.